The SMILES string of the molecule is COc1ncccc1CNC(=O)NCCCC(=O)O. The second kappa shape index (κ2) is 7.91. The molecule has 0 aliphatic carbocycles. The van der Waals surface area contributed by atoms with Crippen molar-refractivity contribution < 1.29 is 19.4 Å². The van der Waals surface area contributed by atoms with Gasteiger partial charge in [0.15, 0.2) is 0 Å². The molecule has 1 aromatic heterocycles. The Morgan fingerprint density at radius 1 is 1.42 bits per heavy atom. The molecule has 0 saturated heterocycles. The van der Waals surface area contributed by atoms with Gasteiger partial charge in [0.05, 0.1) is 7.11 Å². The molecule has 0 aliphatic heterocycles. The normalized spacial score (nSPS) is 9.74. The summed E-state index contributed by atoms with van der Waals surface area (Å²) in [5.41, 5.74) is 0.769. The molecule has 0 aromatic carbocycles. The fourth-order valence-electron chi connectivity index (χ4n) is 1.42. The molecule has 1 rings (SSSR count). The van der Waals surface area contributed by atoms with E-state index in [2.05, 4.69) is 15.6 Å². The van der Waals surface area contributed by atoms with E-state index in [1.54, 1.807) is 18.3 Å². The van der Waals surface area contributed by atoms with Crippen molar-refractivity contribution in [1.82, 2.24) is 15.6 Å². The van der Waals surface area contributed by atoms with E-state index >= 15 is 0 Å². The number of carbonyl (C=O) groups excluding carboxylic acids is 1. The van der Waals surface area contributed by atoms with Crippen LogP contribution < -0.4 is 15.4 Å². The maximum atomic E-state index is 11.4. The zero-order valence-corrected chi connectivity index (χ0v) is 10.7. The van der Waals surface area contributed by atoms with Crippen molar-refractivity contribution >= 4 is 12.0 Å². The highest BCUT2D eigenvalue weighted by Gasteiger charge is 2.05. The first-order valence-electron chi connectivity index (χ1n) is 5.85. The second-order valence-electron chi connectivity index (χ2n) is 3.78. The molecular weight excluding hydrogens is 250 g/mol. The van der Waals surface area contributed by atoms with Crippen molar-refractivity contribution in [2.24, 2.45) is 0 Å². The minimum absolute atomic E-state index is 0.0384. The Morgan fingerprint density at radius 3 is 2.89 bits per heavy atom. The van der Waals surface area contributed by atoms with E-state index in [1.165, 1.54) is 7.11 Å². The summed E-state index contributed by atoms with van der Waals surface area (Å²) < 4.78 is 5.05. The molecule has 0 saturated carbocycles. The topological polar surface area (TPSA) is 101 Å². The Labute approximate surface area is 111 Å². The minimum Gasteiger partial charge on any atom is -0.481 e. The lowest BCUT2D eigenvalue weighted by molar-refractivity contribution is -0.137. The Balaban J connectivity index is 2.28. The molecule has 1 aromatic rings. The van der Waals surface area contributed by atoms with Crippen LogP contribution >= 0.6 is 0 Å². The molecule has 0 unspecified atom stereocenters. The molecule has 7 heteroatoms. The van der Waals surface area contributed by atoms with Gasteiger partial charge in [0, 0.05) is 31.3 Å². The van der Waals surface area contributed by atoms with Gasteiger partial charge in [-0.25, -0.2) is 9.78 Å². The van der Waals surface area contributed by atoms with Gasteiger partial charge in [0.2, 0.25) is 5.88 Å². The number of carbonyl (C=O) groups is 2. The lowest BCUT2D eigenvalue weighted by Gasteiger charge is -2.09. The molecule has 19 heavy (non-hydrogen) atoms. The highest BCUT2D eigenvalue weighted by molar-refractivity contribution is 5.74. The third-order valence-electron chi connectivity index (χ3n) is 2.34. The molecule has 0 radical (unpaired) electrons. The van der Waals surface area contributed by atoms with Crippen LogP contribution in [0.2, 0.25) is 0 Å². The Bertz CT molecular complexity index is 437. The van der Waals surface area contributed by atoms with E-state index in [-0.39, 0.29) is 12.5 Å². The number of ether oxygens (including phenoxy) is 1. The van der Waals surface area contributed by atoms with Crippen molar-refractivity contribution in [2.45, 2.75) is 19.4 Å². The summed E-state index contributed by atoms with van der Waals surface area (Å²) in [6.45, 7) is 0.615. The van der Waals surface area contributed by atoms with Crippen molar-refractivity contribution in [2.75, 3.05) is 13.7 Å². The standard InChI is InChI=1S/C12H17N3O4/c1-19-11-9(4-2-6-13-11)8-15-12(18)14-7-3-5-10(16)17/h2,4,6H,3,5,7-8H2,1H3,(H,16,17)(H2,14,15,18). The predicted molar refractivity (Wildman–Crippen MR) is 67.9 cm³/mol. The summed E-state index contributed by atoms with van der Waals surface area (Å²) in [7, 11) is 1.51. The number of pyridine rings is 1. The van der Waals surface area contributed by atoms with Gasteiger partial charge in [-0.15, -0.1) is 0 Å². The van der Waals surface area contributed by atoms with E-state index in [1.807, 2.05) is 0 Å². The highest BCUT2D eigenvalue weighted by atomic mass is 16.5. The smallest absolute Gasteiger partial charge is 0.315 e. The van der Waals surface area contributed by atoms with E-state index in [0.717, 1.165) is 5.56 Å². The van der Waals surface area contributed by atoms with Crippen LogP contribution in [0.25, 0.3) is 0 Å². The van der Waals surface area contributed by atoms with Gasteiger partial charge in [-0.1, -0.05) is 6.07 Å². The highest BCUT2D eigenvalue weighted by Crippen LogP contribution is 2.12. The Hall–Kier alpha value is -2.31. The van der Waals surface area contributed by atoms with Crippen molar-refractivity contribution in [3.05, 3.63) is 23.9 Å². The van der Waals surface area contributed by atoms with Gasteiger partial charge >= 0.3 is 12.0 Å². The number of methoxy groups -OCH3 is 1. The second-order valence-corrected chi connectivity index (χ2v) is 3.78. The molecule has 0 atom stereocenters. The van der Waals surface area contributed by atoms with E-state index < -0.39 is 5.97 Å². The fraction of sp³-hybridized carbons (Fsp3) is 0.417. The van der Waals surface area contributed by atoms with Crippen LogP contribution in [0.15, 0.2) is 18.3 Å². The molecule has 1 heterocycles. The molecule has 0 fully saturated rings. The van der Waals surface area contributed by atoms with Crippen molar-refractivity contribution in [1.29, 1.82) is 0 Å². The van der Waals surface area contributed by atoms with Gasteiger partial charge in [-0.2, -0.15) is 0 Å². The van der Waals surface area contributed by atoms with Gasteiger partial charge in [0.1, 0.15) is 0 Å². The lowest BCUT2D eigenvalue weighted by Crippen LogP contribution is -2.35. The van der Waals surface area contributed by atoms with Crippen LogP contribution in [0.3, 0.4) is 0 Å². The fourth-order valence-corrected chi connectivity index (χ4v) is 1.42. The van der Waals surface area contributed by atoms with Crippen molar-refractivity contribution in [3.63, 3.8) is 0 Å². The third kappa shape index (κ3) is 5.71. The number of urea groups is 1. The molecule has 104 valence electrons. The first-order chi connectivity index (χ1) is 9.13. The lowest BCUT2D eigenvalue weighted by atomic mass is 10.2. The van der Waals surface area contributed by atoms with Crippen LogP contribution in [0, 0.1) is 0 Å². The molecule has 0 spiro atoms. The minimum atomic E-state index is -0.873. The average molecular weight is 267 g/mol. The Morgan fingerprint density at radius 2 is 2.21 bits per heavy atom. The van der Waals surface area contributed by atoms with Crippen LogP contribution in [0.1, 0.15) is 18.4 Å². The quantitative estimate of drug-likeness (QED) is 0.633. The van der Waals surface area contributed by atoms with Crippen LogP contribution in [0.4, 0.5) is 4.79 Å². The van der Waals surface area contributed by atoms with Gasteiger partial charge < -0.3 is 20.5 Å². The number of aromatic nitrogens is 1. The zero-order chi connectivity index (χ0) is 14.1. The summed E-state index contributed by atoms with van der Waals surface area (Å²) in [5.74, 6) is -0.406. The average Bonchev–Trinajstić information content (AvgIpc) is 2.41. The summed E-state index contributed by atoms with van der Waals surface area (Å²) in [6.07, 6.45) is 2.05. The predicted octanol–water partition coefficient (Wildman–Crippen LogP) is 0.754. The maximum absolute atomic E-state index is 11.4. The van der Waals surface area contributed by atoms with Crippen LogP contribution in [0.5, 0.6) is 5.88 Å². The van der Waals surface area contributed by atoms with Crippen LogP contribution in [-0.4, -0.2) is 35.7 Å². The third-order valence-corrected chi connectivity index (χ3v) is 2.34. The number of carboxylic acids is 1. The molecule has 7 nitrogen and oxygen atoms in total. The first-order valence-corrected chi connectivity index (χ1v) is 5.85. The van der Waals surface area contributed by atoms with Crippen LogP contribution in [-0.2, 0) is 11.3 Å². The summed E-state index contributed by atoms with van der Waals surface area (Å²) in [6, 6.07) is 3.21. The molecule has 3 N–H and O–H groups in total. The van der Waals surface area contributed by atoms with Gasteiger partial charge in [-0.3, -0.25) is 4.79 Å². The largest absolute Gasteiger partial charge is 0.481 e. The molecule has 0 bridgehead atoms. The number of nitrogens with zero attached hydrogens (tertiary/aromatic N) is 1. The number of amides is 2. The number of nitrogens with one attached hydrogen (secondary N) is 2. The first kappa shape index (κ1) is 14.7. The molecule has 2 amide bonds. The number of hydrogen-bond donors (Lipinski definition) is 3. The number of rotatable bonds is 7. The van der Waals surface area contributed by atoms with Gasteiger partial charge in [-0.05, 0) is 12.5 Å². The van der Waals surface area contributed by atoms with Crippen molar-refractivity contribution in [3.8, 4) is 5.88 Å². The summed E-state index contributed by atoms with van der Waals surface area (Å²) in [4.78, 5) is 25.7. The van der Waals surface area contributed by atoms with E-state index in [0.29, 0.717) is 25.4 Å². The molecular formula is C12H17N3O4. The summed E-state index contributed by atoms with van der Waals surface area (Å²) >= 11 is 0. The maximum Gasteiger partial charge on any atom is 0.315 e. The Kier molecular flexibility index (Phi) is 6.14. The van der Waals surface area contributed by atoms with E-state index in [9.17, 15) is 9.59 Å². The number of aliphatic carboxylic acids is 1. The number of carboxylic acid groups (broad SMARTS) is 1. The summed E-state index contributed by atoms with van der Waals surface area (Å²) in [5, 5.41) is 13.7. The zero-order valence-electron chi connectivity index (χ0n) is 10.7. The van der Waals surface area contributed by atoms with E-state index in [4.69, 9.17) is 9.84 Å². The van der Waals surface area contributed by atoms with Gasteiger partial charge in [0.25, 0.3) is 0 Å². The molecule has 0 aliphatic rings. The number of hydrogen-bond acceptors (Lipinski definition) is 4. The monoisotopic (exact) mass is 267 g/mol.